The summed E-state index contributed by atoms with van der Waals surface area (Å²) in [5, 5.41) is 9.00. The molecule has 2 aliphatic heterocycles. The molecule has 3 nitrogen and oxygen atoms in total. The van der Waals surface area contributed by atoms with Crippen LogP contribution in [0.3, 0.4) is 0 Å². The third-order valence-corrected chi connectivity index (χ3v) is 4.38. The van der Waals surface area contributed by atoms with E-state index in [0.29, 0.717) is 19.1 Å². The Balaban J connectivity index is 1.88. The van der Waals surface area contributed by atoms with Gasteiger partial charge < -0.3 is 10.0 Å². The molecule has 2 fully saturated rings. The minimum atomic E-state index is -0.569. The first-order valence-corrected chi connectivity index (χ1v) is 7.27. The number of rotatable bonds is 2. The Morgan fingerprint density at radius 1 is 1.10 bits per heavy atom. The van der Waals surface area contributed by atoms with Crippen molar-refractivity contribution in [3.63, 3.8) is 0 Å². The van der Waals surface area contributed by atoms with Crippen LogP contribution in [0.15, 0.2) is 12.1 Å². The number of aliphatic hydroxyl groups excluding tert-OH is 1. The van der Waals surface area contributed by atoms with Crippen LogP contribution in [0.1, 0.15) is 24.8 Å². The van der Waals surface area contributed by atoms with E-state index >= 15 is 0 Å². The zero-order chi connectivity index (χ0) is 14.1. The predicted molar refractivity (Wildman–Crippen MR) is 73.7 cm³/mol. The van der Waals surface area contributed by atoms with E-state index in [4.69, 9.17) is 5.11 Å². The molecular formula is C15H20F2N2O. The Bertz CT molecular complexity index is 472. The number of anilines is 1. The summed E-state index contributed by atoms with van der Waals surface area (Å²) in [6.45, 7) is 3.14. The topological polar surface area (TPSA) is 26.7 Å². The fraction of sp³-hybridized carbons (Fsp3) is 0.600. The molecule has 1 atom stereocenters. The molecule has 3 rings (SSSR count). The zero-order valence-corrected chi connectivity index (χ0v) is 11.5. The number of benzene rings is 1. The van der Waals surface area contributed by atoms with Gasteiger partial charge in [0.1, 0.15) is 17.3 Å². The summed E-state index contributed by atoms with van der Waals surface area (Å²) in [6.07, 6.45) is 3.21. The molecule has 0 aromatic heterocycles. The van der Waals surface area contributed by atoms with Gasteiger partial charge in [0.15, 0.2) is 0 Å². The molecule has 2 aliphatic rings. The summed E-state index contributed by atoms with van der Waals surface area (Å²) in [5.41, 5.74) is 0.344. The summed E-state index contributed by atoms with van der Waals surface area (Å²) in [6, 6.07) is 2.87. The van der Waals surface area contributed by atoms with Gasteiger partial charge in [-0.2, -0.15) is 0 Å². The van der Waals surface area contributed by atoms with Gasteiger partial charge in [-0.25, -0.2) is 8.78 Å². The maximum absolute atomic E-state index is 14.2. The van der Waals surface area contributed by atoms with E-state index in [1.165, 1.54) is 18.6 Å². The van der Waals surface area contributed by atoms with Crippen LogP contribution in [-0.4, -0.2) is 42.2 Å². The van der Waals surface area contributed by atoms with Gasteiger partial charge in [-0.3, -0.25) is 4.90 Å². The van der Waals surface area contributed by atoms with E-state index in [1.54, 1.807) is 0 Å². The third-order valence-electron chi connectivity index (χ3n) is 4.38. The molecular weight excluding hydrogens is 262 g/mol. The lowest BCUT2D eigenvalue weighted by Crippen LogP contribution is -2.37. The second-order valence-electron chi connectivity index (χ2n) is 5.70. The standard InChI is InChI=1S/C15H20F2N2O/c16-13-7-11(10-20)8-14(17)15(13)19-6-2-5-18-4-1-3-12(18)9-19/h7-8,12,20H,1-6,9-10H2. The highest BCUT2D eigenvalue weighted by Gasteiger charge is 2.30. The fourth-order valence-corrected chi connectivity index (χ4v) is 3.42. The summed E-state index contributed by atoms with van der Waals surface area (Å²) in [4.78, 5) is 4.26. The minimum absolute atomic E-state index is 0.0657. The van der Waals surface area contributed by atoms with E-state index in [2.05, 4.69) is 4.90 Å². The predicted octanol–water partition coefficient (Wildman–Crippen LogP) is 2.13. The quantitative estimate of drug-likeness (QED) is 0.900. The summed E-state index contributed by atoms with van der Waals surface area (Å²) >= 11 is 0. The maximum Gasteiger partial charge on any atom is 0.149 e. The molecule has 5 heteroatoms. The van der Waals surface area contributed by atoms with Crippen molar-refractivity contribution in [2.75, 3.05) is 31.1 Å². The van der Waals surface area contributed by atoms with Crippen LogP contribution >= 0.6 is 0 Å². The van der Waals surface area contributed by atoms with Crippen LogP contribution in [0.5, 0.6) is 0 Å². The summed E-state index contributed by atoms with van der Waals surface area (Å²) < 4.78 is 28.3. The smallest absolute Gasteiger partial charge is 0.149 e. The van der Waals surface area contributed by atoms with Crippen LogP contribution in [0.25, 0.3) is 0 Å². The van der Waals surface area contributed by atoms with Gasteiger partial charge in [0.05, 0.1) is 6.61 Å². The van der Waals surface area contributed by atoms with Crippen molar-refractivity contribution < 1.29 is 13.9 Å². The first-order valence-electron chi connectivity index (χ1n) is 7.27. The van der Waals surface area contributed by atoms with Crippen molar-refractivity contribution in [1.82, 2.24) is 4.90 Å². The van der Waals surface area contributed by atoms with Crippen LogP contribution in [0.2, 0.25) is 0 Å². The first kappa shape index (κ1) is 13.8. The highest BCUT2D eigenvalue weighted by Crippen LogP contribution is 2.29. The number of fused-ring (bicyclic) bond motifs is 1. The Labute approximate surface area is 117 Å². The lowest BCUT2D eigenvalue weighted by Gasteiger charge is -2.28. The highest BCUT2D eigenvalue weighted by molar-refractivity contribution is 5.51. The monoisotopic (exact) mass is 282 g/mol. The highest BCUT2D eigenvalue weighted by atomic mass is 19.1. The number of hydrogen-bond acceptors (Lipinski definition) is 3. The van der Waals surface area contributed by atoms with Crippen molar-refractivity contribution in [2.24, 2.45) is 0 Å². The van der Waals surface area contributed by atoms with Crippen molar-refractivity contribution in [3.8, 4) is 0 Å². The number of halogens is 2. The average molecular weight is 282 g/mol. The molecule has 0 aliphatic carbocycles. The fourth-order valence-electron chi connectivity index (χ4n) is 3.42. The van der Waals surface area contributed by atoms with Gasteiger partial charge in [-0.15, -0.1) is 0 Å². The molecule has 0 spiro atoms. The largest absolute Gasteiger partial charge is 0.392 e. The maximum atomic E-state index is 14.2. The molecule has 1 N–H and O–H groups in total. The van der Waals surface area contributed by atoms with Crippen molar-refractivity contribution >= 4 is 5.69 Å². The van der Waals surface area contributed by atoms with E-state index in [9.17, 15) is 8.78 Å². The molecule has 2 saturated heterocycles. The molecule has 110 valence electrons. The van der Waals surface area contributed by atoms with E-state index in [-0.39, 0.29) is 17.9 Å². The third kappa shape index (κ3) is 2.52. The van der Waals surface area contributed by atoms with Crippen LogP contribution in [0.4, 0.5) is 14.5 Å². The Hall–Kier alpha value is -1.20. The lowest BCUT2D eigenvalue weighted by molar-refractivity contribution is 0.272. The molecule has 0 bridgehead atoms. The molecule has 0 radical (unpaired) electrons. The Morgan fingerprint density at radius 3 is 2.50 bits per heavy atom. The second-order valence-corrected chi connectivity index (χ2v) is 5.70. The molecule has 1 aromatic carbocycles. The molecule has 20 heavy (non-hydrogen) atoms. The van der Waals surface area contributed by atoms with Crippen LogP contribution < -0.4 is 4.90 Å². The molecule has 2 heterocycles. The van der Waals surface area contributed by atoms with Gasteiger partial charge in [0, 0.05) is 25.7 Å². The van der Waals surface area contributed by atoms with Gasteiger partial charge in [-0.05, 0) is 43.5 Å². The Morgan fingerprint density at radius 2 is 1.80 bits per heavy atom. The van der Waals surface area contributed by atoms with E-state index in [0.717, 1.165) is 25.9 Å². The van der Waals surface area contributed by atoms with Gasteiger partial charge in [0.25, 0.3) is 0 Å². The van der Waals surface area contributed by atoms with Crippen LogP contribution in [-0.2, 0) is 6.61 Å². The molecule has 1 aromatic rings. The molecule has 0 saturated carbocycles. The van der Waals surface area contributed by atoms with Gasteiger partial charge >= 0.3 is 0 Å². The molecule has 1 unspecified atom stereocenters. The van der Waals surface area contributed by atoms with Crippen LogP contribution in [0, 0.1) is 11.6 Å². The number of nitrogens with zero attached hydrogens (tertiary/aromatic N) is 2. The van der Waals surface area contributed by atoms with E-state index < -0.39 is 11.6 Å². The van der Waals surface area contributed by atoms with Crippen molar-refractivity contribution in [2.45, 2.75) is 31.9 Å². The van der Waals surface area contributed by atoms with Crippen molar-refractivity contribution in [3.05, 3.63) is 29.3 Å². The zero-order valence-electron chi connectivity index (χ0n) is 11.5. The molecule has 0 amide bonds. The minimum Gasteiger partial charge on any atom is -0.392 e. The number of hydrogen-bond donors (Lipinski definition) is 1. The van der Waals surface area contributed by atoms with E-state index in [1.807, 2.05) is 4.90 Å². The average Bonchev–Trinajstić information content (AvgIpc) is 2.76. The Kier molecular flexibility index (Phi) is 3.89. The van der Waals surface area contributed by atoms with Gasteiger partial charge in [0.2, 0.25) is 0 Å². The lowest BCUT2D eigenvalue weighted by atomic mass is 10.1. The van der Waals surface area contributed by atoms with Gasteiger partial charge in [-0.1, -0.05) is 0 Å². The summed E-state index contributed by atoms with van der Waals surface area (Å²) in [7, 11) is 0. The SMILES string of the molecule is OCc1cc(F)c(N2CCCN3CCCC3C2)c(F)c1. The first-order chi connectivity index (χ1) is 9.69. The second kappa shape index (κ2) is 5.66. The van der Waals surface area contributed by atoms with Crippen molar-refractivity contribution in [1.29, 1.82) is 0 Å². The normalized spacial score (nSPS) is 23.8. The summed E-state index contributed by atoms with van der Waals surface area (Å²) in [5.74, 6) is -1.14. The number of aliphatic hydroxyl groups is 1.